The number of esters is 4. The third-order valence-electron chi connectivity index (χ3n) is 16.4. The minimum atomic E-state index is -5.03. The molecule has 0 fully saturated rings. The SMILES string of the molecule is CC/C=C\C/C=C\C/C=C\C/C=C\C/C=C\CCCCCC(=O)OC[C@H](COP(=O)(O)OC[C@@H](O)COP(=O)(O)OC[C@@H](COC(=O)CC/C=C\C/C=C\C/C=C\C/C=C\C/C=C\CCCCC)OC(=O)CCC/C=C\C/C=C\C/C=C\C/C=C\CCCCC)OC(=O)CCC/C=C\C/C=C\C/C=C\C/C=C\CCCCC. The standard InChI is InChI=1S/C93H146O17P2/c1-5-9-13-17-21-25-29-33-37-41-43-47-49-53-57-61-65-69-73-77-90(95)103-83-88(109-92(97)79-75-71-67-63-59-55-51-45-39-35-31-27-23-19-15-11-7-3)85-107-111(99,100)105-81-87(94)82-106-112(101,102)108-86-89(110-93(98)80-76-72-68-64-60-56-52-46-40-36-32-28-24-20-16-12-8-4)84-104-91(96)78-74-70-66-62-58-54-50-48-44-42-38-34-30-26-22-18-14-10-6-2/h9,13,21-28,33-40,43-44,47-48,51-58,63-64,66-68,70,87-89,94H,5-8,10-12,14-20,29-32,41-42,45-46,49-50,59-62,65,69,71-86H2,1-4H3,(H,99,100)(H,101,102)/b13-9-,25-21-,26-22-,27-23-,28-24-,37-33-,38-34-,39-35-,40-36-,47-43-,48-44-,55-51-,56-52-,57-53-,58-54-,67-63-,68-64-,70-66-/t87-,88-,89-/m1/s1. The zero-order valence-electron chi connectivity index (χ0n) is 69.0. The smallest absolute Gasteiger partial charge is 0.462 e. The van der Waals surface area contributed by atoms with Crippen LogP contribution in [0.3, 0.4) is 0 Å². The van der Waals surface area contributed by atoms with Gasteiger partial charge in [-0.05, 0) is 186 Å². The van der Waals surface area contributed by atoms with Gasteiger partial charge in [-0.25, -0.2) is 9.13 Å². The van der Waals surface area contributed by atoms with Crippen molar-refractivity contribution in [2.75, 3.05) is 39.6 Å². The number of allylic oxidation sites excluding steroid dienone is 36. The third-order valence-corrected chi connectivity index (χ3v) is 18.3. The van der Waals surface area contributed by atoms with Crippen molar-refractivity contribution in [3.63, 3.8) is 0 Å². The molecule has 630 valence electrons. The van der Waals surface area contributed by atoms with Gasteiger partial charge >= 0.3 is 39.5 Å². The average molecular weight is 1600 g/mol. The zero-order chi connectivity index (χ0) is 81.7. The van der Waals surface area contributed by atoms with Crippen molar-refractivity contribution in [2.24, 2.45) is 0 Å². The van der Waals surface area contributed by atoms with E-state index in [4.69, 9.17) is 37.0 Å². The van der Waals surface area contributed by atoms with Crippen molar-refractivity contribution in [3.8, 4) is 0 Å². The van der Waals surface area contributed by atoms with Crippen LogP contribution in [-0.2, 0) is 65.4 Å². The summed E-state index contributed by atoms with van der Waals surface area (Å²) in [5.74, 6) is -2.47. The molecule has 0 bridgehead atoms. The number of hydrogen-bond acceptors (Lipinski definition) is 15. The van der Waals surface area contributed by atoms with E-state index in [2.05, 4.69) is 204 Å². The molecule has 0 saturated heterocycles. The van der Waals surface area contributed by atoms with Gasteiger partial charge in [0, 0.05) is 25.7 Å². The first-order valence-electron chi connectivity index (χ1n) is 42.0. The molecule has 2 unspecified atom stereocenters. The predicted octanol–water partition coefficient (Wildman–Crippen LogP) is 25.2. The first kappa shape index (κ1) is 105. The third kappa shape index (κ3) is 81.4. The molecule has 0 aliphatic carbocycles. The topological polar surface area (TPSA) is 237 Å². The maximum atomic E-state index is 13.1. The number of hydrogen-bond donors (Lipinski definition) is 3. The predicted molar refractivity (Wildman–Crippen MR) is 463 cm³/mol. The molecule has 0 heterocycles. The highest BCUT2D eigenvalue weighted by Gasteiger charge is 2.30. The van der Waals surface area contributed by atoms with E-state index in [1.54, 1.807) is 0 Å². The van der Waals surface area contributed by atoms with Crippen LogP contribution >= 0.6 is 15.6 Å². The van der Waals surface area contributed by atoms with Crippen molar-refractivity contribution >= 4 is 39.5 Å². The van der Waals surface area contributed by atoms with Gasteiger partial charge in [-0.15, -0.1) is 0 Å². The van der Waals surface area contributed by atoms with Crippen molar-refractivity contribution in [3.05, 3.63) is 219 Å². The van der Waals surface area contributed by atoms with Crippen LogP contribution in [0, 0.1) is 0 Å². The monoisotopic (exact) mass is 1600 g/mol. The molecule has 0 aromatic carbocycles. The lowest BCUT2D eigenvalue weighted by molar-refractivity contribution is -0.161. The lowest BCUT2D eigenvalue weighted by Gasteiger charge is -2.21. The summed E-state index contributed by atoms with van der Waals surface area (Å²) in [6.07, 6.45) is 105. The van der Waals surface area contributed by atoms with Gasteiger partial charge in [0.15, 0.2) is 12.2 Å². The molecule has 0 aromatic heterocycles. The van der Waals surface area contributed by atoms with Gasteiger partial charge in [-0.2, -0.15) is 0 Å². The van der Waals surface area contributed by atoms with Crippen LogP contribution in [0.5, 0.6) is 0 Å². The molecule has 0 saturated carbocycles. The summed E-state index contributed by atoms with van der Waals surface area (Å²) >= 11 is 0. The molecule has 3 N–H and O–H groups in total. The number of unbranched alkanes of at least 4 members (excludes halogenated alkanes) is 14. The van der Waals surface area contributed by atoms with Crippen molar-refractivity contribution in [2.45, 2.75) is 303 Å². The van der Waals surface area contributed by atoms with E-state index in [1.165, 1.54) is 57.8 Å². The van der Waals surface area contributed by atoms with E-state index in [-0.39, 0.29) is 25.7 Å². The minimum Gasteiger partial charge on any atom is -0.462 e. The van der Waals surface area contributed by atoms with Gasteiger partial charge in [-0.1, -0.05) is 291 Å². The van der Waals surface area contributed by atoms with Gasteiger partial charge in [0.25, 0.3) is 0 Å². The minimum absolute atomic E-state index is 0.00161. The number of phosphoric ester groups is 2. The summed E-state index contributed by atoms with van der Waals surface area (Å²) in [6.45, 7) is 4.40. The highest BCUT2D eigenvalue weighted by Crippen LogP contribution is 2.45. The van der Waals surface area contributed by atoms with E-state index < -0.39 is 97.5 Å². The van der Waals surface area contributed by atoms with Gasteiger partial charge in [0.2, 0.25) is 0 Å². The molecule has 0 rings (SSSR count). The molecule has 0 radical (unpaired) electrons. The number of rotatable bonds is 76. The Morgan fingerprint density at radius 1 is 0.259 bits per heavy atom. The Hall–Kier alpha value is -6.62. The Labute approximate surface area is 677 Å². The number of phosphoric acid groups is 2. The molecule has 0 aliphatic heterocycles. The van der Waals surface area contributed by atoms with Crippen LogP contribution < -0.4 is 0 Å². The second kappa shape index (κ2) is 82.4. The Morgan fingerprint density at radius 3 is 0.777 bits per heavy atom. The van der Waals surface area contributed by atoms with Crippen molar-refractivity contribution in [1.82, 2.24) is 0 Å². The number of aliphatic hydroxyl groups excluding tert-OH is 1. The molecule has 17 nitrogen and oxygen atoms in total. The van der Waals surface area contributed by atoms with Gasteiger partial charge in [0.1, 0.15) is 19.3 Å². The molecule has 0 spiro atoms. The molecule has 0 amide bonds. The number of carbonyl (C=O) groups excluding carboxylic acids is 4. The fourth-order valence-corrected chi connectivity index (χ4v) is 11.6. The number of carbonyl (C=O) groups is 4. The summed E-state index contributed by atoms with van der Waals surface area (Å²) in [6, 6.07) is 0. The maximum Gasteiger partial charge on any atom is 0.472 e. The number of ether oxygens (including phenoxy) is 4. The van der Waals surface area contributed by atoms with Crippen LogP contribution in [0.2, 0.25) is 0 Å². The largest absolute Gasteiger partial charge is 0.472 e. The second-order valence-electron chi connectivity index (χ2n) is 27.0. The molecular formula is C93H146O17P2. The van der Waals surface area contributed by atoms with Gasteiger partial charge < -0.3 is 33.8 Å². The number of aliphatic hydroxyl groups is 1. The van der Waals surface area contributed by atoms with Crippen LogP contribution in [0.25, 0.3) is 0 Å². The Bertz CT molecular complexity index is 2990. The van der Waals surface area contributed by atoms with Crippen LogP contribution in [0.1, 0.15) is 285 Å². The highest BCUT2D eigenvalue weighted by molar-refractivity contribution is 7.47. The second-order valence-corrected chi connectivity index (χ2v) is 29.9. The molecule has 5 atom stereocenters. The summed E-state index contributed by atoms with van der Waals surface area (Å²) in [7, 11) is -10.1. The Morgan fingerprint density at radius 2 is 0.491 bits per heavy atom. The molecule has 0 aromatic rings. The maximum absolute atomic E-state index is 13.1. The van der Waals surface area contributed by atoms with E-state index in [9.17, 15) is 43.2 Å². The lowest BCUT2D eigenvalue weighted by atomic mass is 10.1. The van der Waals surface area contributed by atoms with Crippen LogP contribution in [-0.4, -0.2) is 96.7 Å². The van der Waals surface area contributed by atoms with Crippen LogP contribution in [0.15, 0.2) is 219 Å². The summed E-state index contributed by atoms with van der Waals surface area (Å²) in [4.78, 5) is 73.1. The summed E-state index contributed by atoms with van der Waals surface area (Å²) < 4.78 is 68.5. The summed E-state index contributed by atoms with van der Waals surface area (Å²) in [5.41, 5.74) is 0. The molecular weight excluding hydrogens is 1450 g/mol. The van der Waals surface area contributed by atoms with Gasteiger partial charge in [0.05, 0.1) is 26.4 Å². The zero-order valence-corrected chi connectivity index (χ0v) is 70.8. The fraction of sp³-hybridized carbons (Fsp3) is 0.570. The Balaban J connectivity index is 5.61. The quantitative estimate of drug-likeness (QED) is 0.0169. The Kier molecular flexibility index (Phi) is 77.5. The highest BCUT2D eigenvalue weighted by atomic mass is 31.2. The van der Waals surface area contributed by atoms with E-state index in [1.807, 2.05) is 42.5 Å². The summed E-state index contributed by atoms with van der Waals surface area (Å²) in [5, 5.41) is 10.7. The molecule has 19 heteroatoms. The fourth-order valence-electron chi connectivity index (χ4n) is 10.0. The van der Waals surface area contributed by atoms with E-state index in [0.717, 1.165) is 128 Å². The molecule has 0 aliphatic rings. The first-order chi connectivity index (χ1) is 54.7. The van der Waals surface area contributed by atoms with Crippen molar-refractivity contribution < 1.29 is 80.2 Å². The molecule has 112 heavy (non-hydrogen) atoms. The van der Waals surface area contributed by atoms with E-state index in [0.29, 0.717) is 44.9 Å². The first-order valence-corrected chi connectivity index (χ1v) is 45.0. The van der Waals surface area contributed by atoms with E-state index >= 15 is 0 Å². The lowest BCUT2D eigenvalue weighted by Crippen LogP contribution is -2.30. The average Bonchev–Trinajstić information content (AvgIpc) is 0.895. The van der Waals surface area contributed by atoms with Crippen LogP contribution in [0.4, 0.5) is 0 Å². The van der Waals surface area contributed by atoms with Crippen molar-refractivity contribution in [1.29, 1.82) is 0 Å². The normalized spacial score (nSPS) is 14.9. The van der Waals surface area contributed by atoms with Gasteiger partial charge in [-0.3, -0.25) is 37.3 Å².